The van der Waals surface area contributed by atoms with Crippen molar-refractivity contribution in [2.24, 2.45) is 5.92 Å². The van der Waals surface area contributed by atoms with Crippen molar-refractivity contribution in [1.82, 2.24) is 0 Å². The molecule has 2 aromatic carbocycles. The van der Waals surface area contributed by atoms with Crippen molar-refractivity contribution < 1.29 is 17.4 Å². The first-order valence-electron chi connectivity index (χ1n) is 8.97. The number of carbonyl (C=O) groups is 1. The van der Waals surface area contributed by atoms with Crippen molar-refractivity contribution in [1.29, 1.82) is 0 Å². The maximum absolute atomic E-state index is 13.3. The molecule has 0 aliphatic heterocycles. The molecule has 0 bridgehead atoms. The van der Waals surface area contributed by atoms with Gasteiger partial charge in [-0.1, -0.05) is 67.8 Å². The number of aryl methyl sites for hydroxylation is 1. The van der Waals surface area contributed by atoms with Crippen LogP contribution in [-0.2, 0) is 14.3 Å². The first-order valence-corrected chi connectivity index (χ1v) is 10.4. The lowest BCUT2D eigenvalue weighted by molar-refractivity contribution is 0.00175. The van der Waals surface area contributed by atoms with Gasteiger partial charge in [0.15, 0.2) is 11.4 Å². The van der Waals surface area contributed by atoms with E-state index in [2.05, 4.69) is 0 Å². The van der Waals surface area contributed by atoms with Gasteiger partial charge in [0.1, 0.15) is 0 Å². The highest BCUT2D eigenvalue weighted by Crippen LogP contribution is 2.41. The van der Waals surface area contributed by atoms with E-state index in [1.165, 1.54) is 12.1 Å². The Labute approximate surface area is 155 Å². The van der Waals surface area contributed by atoms with Crippen molar-refractivity contribution in [3.8, 4) is 0 Å². The highest BCUT2D eigenvalue weighted by molar-refractivity contribution is 7.86. The fourth-order valence-electron chi connectivity index (χ4n) is 3.60. The molecule has 3 rings (SSSR count). The normalized spacial score (nSPS) is 23.5. The summed E-state index contributed by atoms with van der Waals surface area (Å²) in [6.45, 7) is 3.80. The summed E-state index contributed by atoms with van der Waals surface area (Å²) >= 11 is 0. The summed E-state index contributed by atoms with van der Waals surface area (Å²) in [4.78, 5) is 13.4. The Morgan fingerprint density at radius 3 is 2.31 bits per heavy atom. The van der Waals surface area contributed by atoms with Gasteiger partial charge >= 0.3 is 0 Å². The molecule has 2 aromatic rings. The third-order valence-electron chi connectivity index (χ3n) is 5.22. The van der Waals surface area contributed by atoms with Gasteiger partial charge in [0.2, 0.25) is 0 Å². The second-order valence-electron chi connectivity index (χ2n) is 7.08. The molecule has 1 saturated carbocycles. The van der Waals surface area contributed by atoms with E-state index in [1.807, 2.05) is 19.9 Å². The third kappa shape index (κ3) is 3.60. The molecule has 1 aliphatic rings. The smallest absolute Gasteiger partial charge is 0.291 e. The number of benzene rings is 2. The number of ketones is 1. The summed E-state index contributed by atoms with van der Waals surface area (Å²) < 4.78 is 31.6. The first-order chi connectivity index (χ1) is 12.3. The van der Waals surface area contributed by atoms with Gasteiger partial charge in [-0.15, -0.1) is 0 Å². The van der Waals surface area contributed by atoms with Crippen molar-refractivity contribution in [3.63, 3.8) is 0 Å². The van der Waals surface area contributed by atoms with Crippen LogP contribution in [0.4, 0.5) is 0 Å². The Morgan fingerprint density at radius 1 is 1.04 bits per heavy atom. The maximum Gasteiger partial charge on any atom is 0.297 e. The highest BCUT2D eigenvalue weighted by Gasteiger charge is 2.49. The molecular weight excluding hydrogens is 348 g/mol. The van der Waals surface area contributed by atoms with E-state index in [9.17, 15) is 13.2 Å². The van der Waals surface area contributed by atoms with Gasteiger partial charge in [-0.05, 0) is 37.8 Å². The van der Waals surface area contributed by atoms with Crippen molar-refractivity contribution in [2.75, 3.05) is 0 Å². The van der Waals surface area contributed by atoms with Gasteiger partial charge in [-0.2, -0.15) is 8.42 Å². The van der Waals surface area contributed by atoms with E-state index in [1.54, 1.807) is 36.4 Å². The molecule has 1 aliphatic carbocycles. The minimum Gasteiger partial charge on any atom is -0.291 e. The zero-order valence-electron chi connectivity index (χ0n) is 15.1. The molecule has 0 radical (unpaired) electrons. The van der Waals surface area contributed by atoms with Gasteiger partial charge < -0.3 is 0 Å². The van der Waals surface area contributed by atoms with Crippen LogP contribution in [-0.4, -0.2) is 19.8 Å². The van der Waals surface area contributed by atoms with Crippen LogP contribution in [0, 0.1) is 12.8 Å². The largest absolute Gasteiger partial charge is 0.297 e. The summed E-state index contributed by atoms with van der Waals surface area (Å²) in [5, 5.41) is 0. The van der Waals surface area contributed by atoms with Crippen LogP contribution in [0.3, 0.4) is 0 Å². The summed E-state index contributed by atoms with van der Waals surface area (Å²) in [5.41, 5.74) is 0.106. The molecule has 4 nitrogen and oxygen atoms in total. The molecular formula is C21H24O4S. The minimum absolute atomic E-state index is 0.0844. The van der Waals surface area contributed by atoms with Crippen LogP contribution in [0.1, 0.15) is 48.5 Å². The quantitative estimate of drug-likeness (QED) is 0.571. The lowest BCUT2D eigenvalue weighted by Gasteiger charge is -2.40. The molecule has 0 saturated heterocycles. The lowest BCUT2D eigenvalue weighted by Crippen LogP contribution is -2.50. The summed E-state index contributed by atoms with van der Waals surface area (Å²) in [6, 6.07) is 15.3. The number of Topliss-reactive ketones (excluding diaryl/α,β-unsaturated/α-hetero) is 1. The maximum atomic E-state index is 13.3. The van der Waals surface area contributed by atoms with Crippen molar-refractivity contribution >= 4 is 15.9 Å². The molecule has 2 unspecified atom stereocenters. The standard InChI is InChI=1S/C21H24O4S/c1-16-11-13-19(14-12-16)26(23,24)25-21(15-7-6-8-17(21)2)20(22)18-9-4-3-5-10-18/h3-5,9-14,17H,6-8,15H2,1-2H3. The molecule has 0 spiro atoms. The lowest BCUT2D eigenvalue weighted by atomic mass is 9.72. The Bertz CT molecular complexity index is 872. The Balaban J connectivity index is 2.02. The minimum atomic E-state index is -4.04. The van der Waals surface area contributed by atoms with Crippen LogP contribution in [0.5, 0.6) is 0 Å². The summed E-state index contributed by atoms with van der Waals surface area (Å²) in [5.74, 6) is -0.426. The second kappa shape index (κ2) is 7.33. The highest BCUT2D eigenvalue weighted by atomic mass is 32.2. The average Bonchev–Trinajstić information content (AvgIpc) is 2.64. The fourth-order valence-corrected chi connectivity index (χ4v) is 4.88. The Morgan fingerprint density at radius 2 is 1.69 bits per heavy atom. The molecule has 2 atom stereocenters. The first kappa shape index (κ1) is 18.8. The average molecular weight is 372 g/mol. The zero-order valence-corrected chi connectivity index (χ0v) is 16.0. The molecule has 0 aromatic heterocycles. The predicted octanol–water partition coefficient (Wildman–Crippen LogP) is 4.53. The fraction of sp³-hybridized carbons (Fsp3) is 0.381. The molecule has 138 valence electrons. The van der Waals surface area contributed by atoms with Gasteiger partial charge in [-0.25, -0.2) is 0 Å². The van der Waals surface area contributed by atoms with Crippen LogP contribution >= 0.6 is 0 Å². The molecule has 0 heterocycles. The van der Waals surface area contributed by atoms with Gasteiger partial charge in [0, 0.05) is 5.56 Å². The van der Waals surface area contributed by atoms with Crippen LogP contribution in [0.2, 0.25) is 0 Å². The van der Waals surface area contributed by atoms with Crippen molar-refractivity contribution in [2.45, 2.75) is 50.0 Å². The van der Waals surface area contributed by atoms with Gasteiger partial charge in [0.25, 0.3) is 10.1 Å². The van der Waals surface area contributed by atoms with Crippen molar-refractivity contribution in [3.05, 3.63) is 65.7 Å². The van der Waals surface area contributed by atoms with E-state index in [4.69, 9.17) is 4.18 Å². The predicted molar refractivity (Wildman–Crippen MR) is 101 cm³/mol. The van der Waals surface area contributed by atoms with Crippen LogP contribution in [0.15, 0.2) is 59.5 Å². The Hall–Kier alpha value is -1.98. The number of hydrogen-bond acceptors (Lipinski definition) is 4. The van der Waals surface area contributed by atoms with E-state index in [0.717, 1.165) is 24.8 Å². The Kier molecular flexibility index (Phi) is 5.30. The molecule has 26 heavy (non-hydrogen) atoms. The van der Waals surface area contributed by atoms with E-state index in [0.29, 0.717) is 12.0 Å². The van der Waals surface area contributed by atoms with Crippen LogP contribution < -0.4 is 0 Å². The monoisotopic (exact) mass is 372 g/mol. The summed E-state index contributed by atoms with van der Waals surface area (Å²) in [7, 11) is -4.04. The van der Waals surface area contributed by atoms with E-state index >= 15 is 0 Å². The molecule has 0 amide bonds. The van der Waals surface area contributed by atoms with E-state index in [-0.39, 0.29) is 16.6 Å². The number of hydrogen-bond donors (Lipinski definition) is 0. The number of carbonyl (C=O) groups excluding carboxylic acids is 1. The number of rotatable bonds is 5. The van der Waals surface area contributed by atoms with Gasteiger partial charge in [-0.3, -0.25) is 8.98 Å². The molecule has 5 heteroatoms. The summed E-state index contributed by atoms with van der Waals surface area (Å²) in [6.07, 6.45) is 2.92. The van der Waals surface area contributed by atoms with E-state index < -0.39 is 15.7 Å². The van der Waals surface area contributed by atoms with Gasteiger partial charge in [0.05, 0.1) is 4.90 Å². The SMILES string of the molecule is Cc1ccc(S(=O)(=O)OC2(C(=O)c3ccccc3)CCCCC2C)cc1. The topological polar surface area (TPSA) is 60.4 Å². The van der Waals surface area contributed by atoms with Crippen LogP contribution in [0.25, 0.3) is 0 Å². The molecule has 1 fully saturated rings. The third-order valence-corrected chi connectivity index (χ3v) is 6.59. The zero-order chi connectivity index (χ0) is 18.8. The second-order valence-corrected chi connectivity index (χ2v) is 8.63. The molecule has 0 N–H and O–H groups in total.